The van der Waals surface area contributed by atoms with Crippen LogP contribution in [0.4, 0.5) is 6.01 Å². The van der Waals surface area contributed by atoms with Crippen LogP contribution in [0, 0.1) is 5.92 Å². The fourth-order valence-corrected chi connectivity index (χ4v) is 2.21. The molecule has 2 N–H and O–H groups in total. The Bertz CT molecular complexity index is 320. The SMILES string of the molecule is CCCNCc1nnc(NCC2CCCC2)o1. The van der Waals surface area contributed by atoms with Crippen LogP contribution in [0.5, 0.6) is 0 Å². The molecule has 1 fully saturated rings. The molecule has 1 aromatic rings. The minimum atomic E-state index is 0.560. The van der Waals surface area contributed by atoms with E-state index in [9.17, 15) is 0 Å². The third-order valence-electron chi connectivity index (χ3n) is 3.19. The lowest BCUT2D eigenvalue weighted by molar-refractivity contribution is 0.471. The summed E-state index contributed by atoms with van der Waals surface area (Å²) in [6.07, 6.45) is 6.49. The molecule has 1 heterocycles. The summed E-state index contributed by atoms with van der Waals surface area (Å²) >= 11 is 0. The zero-order valence-electron chi connectivity index (χ0n) is 10.5. The predicted molar refractivity (Wildman–Crippen MR) is 66.7 cm³/mol. The van der Waals surface area contributed by atoms with E-state index in [1.165, 1.54) is 25.7 Å². The first-order valence-corrected chi connectivity index (χ1v) is 6.65. The molecule has 1 saturated carbocycles. The molecule has 0 aliphatic heterocycles. The summed E-state index contributed by atoms with van der Waals surface area (Å²) in [5.41, 5.74) is 0. The van der Waals surface area contributed by atoms with Gasteiger partial charge in [0.1, 0.15) is 0 Å². The monoisotopic (exact) mass is 238 g/mol. The van der Waals surface area contributed by atoms with Crippen molar-refractivity contribution < 1.29 is 4.42 Å². The third kappa shape index (κ3) is 4.00. The molecule has 0 bridgehead atoms. The lowest BCUT2D eigenvalue weighted by Gasteiger charge is -2.07. The highest BCUT2D eigenvalue weighted by molar-refractivity contribution is 5.16. The third-order valence-corrected chi connectivity index (χ3v) is 3.19. The number of nitrogens with zero attached hydrogens (tertiary/aromatic N) is 2. The zero-order chi connectivity index (χ0) is 11.9. The topological polar surface area (TPSA) is 63.0 Å². The maximum Gasteiger partial charge on any atom is 0.315 e. The Balaban J connectivity index is 1.69. The van der Waals surface area contributed by atoms with E-state index in [1.807, 2.05) is 0 Å². The van der Waals surface area contributed by atoms with E-state index in [-0.39, 0.29) is 0 Å². The van der Waals surface area contributed by atoms with E-state index in [1.54, 1.807) is 0 Å². The van der Waals surface area contributed by atoms with Gasteiger partial charge in [-0.25, -0.2) is 0 Å². The lowest BCUT2D eigenvalue weighted by Crippen LogP contribution is -2.13. The van der Waals surface area contributed by atoms with Crippen molar-refractivity contribution in [1.82, 2.24) is 15.5 Å². The van der Waals surface area contributed by atoms with E-state index in [4.69, 9.17) is 4.42 Å². The Morgan fingerprint density at radius 3 is 2.88 bits per heavy atom. The first-order valence-electron chi connectivity index (χ1n) is 6.65. The van der Waals surface area contributed by atoms with E-state index < -0.39 is 0 Å². The van der Waals surface area contributed by atoms with Gasteiger partial charge in [-0.05, 0) is 31.7 Å². The quantitative estimate of drug-likeness (QED) is 0.713. The average Bonchev–Trinajstić information content (AvgIpc) is 2.98. The number of rotatable bonds is 7. The molecule has 5 nitrogen and oxygen atoms in total. The Hall–Kier alpha value is -1.10. The summed E-state index contributed by atoms with van der Waals surface area (Å²) in [6.45, 7) is 4.73. The van der Waals surface area contributed by atoms with Crippen LogP contribution in [-0.2, 0) is 6.54 Å². The van der Waals surface area contributed by atoms with Gasteiger partial charge in [0.05, 0.1) is 6.54 Å². The van der Waals surface area contributed by atoms with Gasteiger partial charge in [-0.15, -0.1) is 5.10 Å². The maximum absolute atomic E-state index is 5.49. The van der Waals surface area contributed by atoms with Gasteiger partial charge in [0.25, 0.3) is 0 Å². The standard InChI is InChI=1S/C12H22N4O/c1-2-7-13-9-11-15-16-12(17-11)14-8-10-5-3-4-6-10/h10,13H,2-9H2,1H3,(H,14,16). The maximum atomic E-state index is 5.49. The summed E-state index contributed by atoms with van der Waals surface area (Å²) in [7, 11) is 0. The van der Waals surface area contributed by atoms with Crippen molar-refractivity contribution in [2.75, 3.05) is 18.4 Å². The van der Waals surface area contributed by atoms with Gasteiger partial charge in [-0.2, -0.15) is 0 Å². The van der Waals surface area contributed by atoms with Gasteiger partial charge in [0.15, 0.2) is 0 Å². The zero-order valence-corrected chi connectivity index (χ0v) is 10.5. The summed E-state index contributed by atoms with van der Waals surface area (Å²) in [6, 6.07) is 0.560. The summed E-state index contributed by atoms with van der Waals surface area (Å²) < 4.78 is 5.49. The minimum Gasteiger partial charge on any atom is -0.407 e. The van der Waals surface area contributed by atoms with E-state index in [0.717, 1.165) is 25.4 Å². The lowest BCUT2D eigenvalue weighted by atomic mass is 10.1. The predicted octanol–water partition coefficient (Wildman–Crippen LogP) is 2.17. The minimum absolute atomic E-state index is 0.560. The normalized spacial score (nSPS) is 16.5. The number of anilines is 1. The number of hydrogen-bond donors (Lipinski definition) is 2. The second kappa shape index (κ2) is 6.59. The first-order chi connectivity index (χ1) is 8.38. The van der Waals surface area contributed by atoms with Crippen LogP contribution in [0.15, 0.2) is 4.42 Å². The molecule has 0 atom stereocenters. The first kappa shape index (κ1) is 12.4. The van der Waals surface area contributed by atoms with Crippen LogP contribution in [0.1, 0.15) is 44.9 Å². The van der Waals surface area contributed by atoms with Crippen LogP contribution < -0.4 is 10.6 Å². The highest BCUT2D eigenvalue weighted by Crippen LogP contribution is 2.24. The second-order valence-corrected chi connectivity index (χ2v) is 4.71. The van der Waals surface area contributed by atoms with Crippen LogP contribution in [0.2, 0.25) is 0 Å². The van der Waals surface area contributed by atoms with E-state index in [0.29, 0.717) is 18.5 Å². The van der Waals surface area contributed by atoms with Crippen molar-refractivity contribution in [3.05, 3.63) is 5.89 Å². The molecule has 0 amide bonds. The molecule has 17 heavy (non-hydrogen) atoms. The second-order valence-electron chi connectivity index (χ2n) is 4.71. The van der Waals surface area contributed by atoms with Crippen molar-refractivity contribution in [1.29, 1.82) is 0 Å². The molecule has 0 unspecified atom stereocenters. The van der Waals surface area contributed by atoms with Crippen LogP contribution >= 0.6 is 0 Å². The van der Waals surface area contributed by atoms with Crippen molar-refractivity contribution in [2.45, 2.75) is 45.6 Å². The summed E-state index contributed by atoms with van der Waals surface area (Å²) in [5.74, 6) is 1.44. The molecule has 96 valence electrons. The van der Waals surface area contributed by atoms with Gasteiger partial charge in [0.2, 0.25) is 5.89 Å². The van der Waals surface area contributed by atoms with E-state index >= 15 is 0 Å². The van der Waals surface area contributed by atoms with Gasteiger partial charge in [0, 0.05) is 6.54 Å². The Kier molecular flexibility index (Phi) is 4.79. The Morgan fingerprint density at radius 1 is 1.29 bits per heavy atom. The number of aromatic nitrogens is 2. The molecule has 0 saturated heterocycles. The molecule has 1 aliphatic carbocycles. The Morgan fingerprint density at radius 2 is 2.12 bits per heavy atom. The van der Waals surface area contributed by atoms with Crippen LogP contribution in [0.3, 0.4) is 0 Å². The molecule has 1 aliphatic rings. The van der Waals surface area contributed by atoms with Crippen molar-refractivity contribution >= 4 is 6.01 Å². The highest BCUT2D eigenvalue weighted by Gasteiger charge is 2.15. The fraction of sp³-hybridized carbons (Fsp3) is 0.833. The molecule has 0 aromatic carbocycles. The molecular formula is C12H22N4O. The number of nitrogens with one attached hydrogen (secondary N) is 2. The van der Waals surface area contributed by atoms with Crippen molar-refractivity contribution in [2.24, 2.45) is 5.92 Å². The van der Waals surface area contributed by atoms with Crippen LogP contribution in [0.25, 0.3) is 0 Å². The van der Waals surface area contributed by atoms with Crippen LogP contribution in [-0.4, -0.2) is 23.3 Å². The van der Waals surface area contributed by atoms with Gasteiger partial charge < -0.3 is 15.1 Å². The average molecular weight is 238 g/mol. The molecule has 2 rings (SSSR count). The van der Waals surface area contributed by atoms with E-state index in [2.05, 4.69) is 27.8 Å². The van der Waals surface area contributed by atoms with Gasteiger partial charge in [-0.3, -0.25) is 0 Å². The highest BCUT2D eigenvalue weighted by atomic mass is 16.4. The molecule has 1 aromatic heterocycles. The fourth-order valence-electron chi connectivity index (χ4n) is 2.21. The van der Waals surface area contributed by atoms with Crippen molar-refractivity contribution in [3.8, 4) is 0 Å². The molecular weight excluding hydrogens is 216 g/mol. The van der Waals surface area contributed by atoms with Gasteiger partial charge in [-0.1, -0.05) is 24.9 Å². The molecule has 5 heteroatoms. The smallest absolute Gasteiger partial charge is 0.315 e. The van der Waals surface area contributed by atoms with Gasteiger partial charge >= 0.3 is 6.01 Å². The summed E-state index contributed by atoms with van der Waals surface area (Å²) in [5, 5.41) is 14.4. The molecule has 0 spiro atoms. The largest absolute Gasteiger partial charge is 0.407 e. The number of hydrogen-bond acceptors (Lipinski definition) is 5. The van der Waals surface area contributed by atoms with Crippen molar-refractivity contribution in [3.63, 3.8) is 0 Å². The summed E-state index contributed by atoms with van der Waals surface area (Å²) in [4.78, 5) is 0. The molecule has 0 radical (unpaired) electrons. The Labute approximate surface area is 102 Å².